The Bertz CT molecular complexity index is 895. The van der Waals surface area contributed by atoms with Crippen LogP contribution >= 0.6 is 0 Å². The number of nitrogens with zero attached hydrogens (tertiary/aromatic N) is 3. The zero-order valence-corrected chi connectivity index (χ0v) is 18.3. The quantitative estimate of drug-likeness (QED) is 0.739. The van der Waals surface area contributed by atoms with Crippen LogP contribution in [0.15, 0.2) is 48.7 Å². The first kappa shape index (κ1) is 21.5. The van der Waals surface area contributed by atoms with Crippen molar-refractivity contribution in [3.63, 3.8) is 0 Å². The van der Waals surface area contributed by atoms with E-state index in [9.17, 15) is 9.59 Å². The summed E-state index contributed by atoms with van der Waals surface area (Å²) in [7, 11) is 2.18. The molecule has 6 heteroatoms. The Kier molecular flexibility index (Phi) is 6.97. The average molecular weight is 421 g/mol. The highest BCUT2D eigenvalue weighted by Gasteiger charge is 2.34. The standard InChI is InChI=1S/C25H32N4O2/c1-28(22-11-3-2-4-12-22)16-19-9-5-6-13-23(19)27-25(31)20-15-24(30)29(17-20)18-21-10-7-8-14-26-21/h5-10,13-14,20,22H,2-4,11-12,15-18H2,1H3,(H,27,31). The highest BCUT2D eigenvalue weighted by atomic mass is 16.2. The van der Waals surface area contributed by atoms with E-state index in [2.05, 4.69) is 28.3 Å². The molecule has 1 aliphatic heterocycles. The molecule has 2 fully saturated rings. The Balaban J connectivity index is 1.37. The van der Waals surface area contributed by atoms with Gasteiger partial charge >= 0.3 is 0 Å². The van der Waals surface area contributed by atoms with Crippen molar-refractivity contribution in [2.24, 2.45) is 5.92 Å². The van der Waals surface area contributed by atoms with E-state index in [0.29, 0.717) is 19.1 Å². The van der Waals surface area contributed by atoms with Crippen molar-refractivity contribution in [3.8, 4) is 0 Å². The lowest BCUT2D eigenvalue weighted by molar-refractivity contribution is -0.128. The summed E-state index contributed by atoms with van der Waals surface area (Å²) in [6.45, 7) is 1.70. The minimum absolute atomic E-state index is 0.0103. The molecule has 2 aromatic rings. The molecule has 1 atom stereocenters. The van der Waals surface area contributed by atoms with Crippen LogP contribution in [0.5, 0.6) is 0 Å². The maximum atomic E-state index is 13.0. The van der Waals surface area contributed by atoms with Gasteiger partial charge in [-0.1, -0.05) is 43.5 Å². The Hall–Kier alpha value is -2.73. The van der Waals surface area contributed by atoms with E-state index in [-0.39, 0.29) is 24.2 Å². The van der Waals surface area contributed by atoms with Gasteiger partial charge in [0.25, 0.3) is 0 Å². The molecule has 164 valence electrons. The first-order chi connectivity index (χ1) is 15.1. The number of aromatic nitrogens is 1. The molecule has 6 nitrogen and oxygen atoms in total. The maximum absolute atomic E-state index is 13.0. The maximum Gasteiger partial charge on any atom is 0.229 e. The van der Waals surface area contributed by atoms with Gasteiger partial charge in [0.2, 0.25) is 11.8 Å². The summed E-state index contributed by atoms with van der Waals surface area (Å²) >= 11 is 0. The third kappa shape index (κ3) is 5.50. The summed E-state index contributed by atoms with van der Waals surface area (Å²) in [4.78, 5) is 33.9. The number of hydrogen-bond donors (Lipinski definition) is 1. The van der Waals surface area contributed by atoms with Crippen molar-refractivity contribution in [2.45, 2.75) is 57.7 Å². The lowest BCUT2D eigenvalue weighted by atomic mass is 9.94. The molecule has 1 saturated heterocycles. The summed E-state index contributed by atoms with van der Waals surface area (Å²) in [5.74, 6) is -0.402. The van der Waals surface area contributed by atoms with Crippen LogP contribution < -0.4 is 5.32 Å². The molecule has 2 heterocycles. The van der Waals surface area contributed by atoms with Gasteiger partial charge in [-0.15, -0.1) is 0 Å². The largest absolute Gasteiger partial charge is 0.336 e. The first-order valence-electron chi connectivity index (χ1n) is 11.4. The number of benzene rings is 1. The van der Waals surface area contributed by atoms with E-state index in [1.165, 1.54) is 32.1 Å². The van der Waals surface area contributed by atoms with Crippen molar-refractivity contribution < 1.29 is 9.59 Å². The SMILES string of the molecule is CN(Cc1ccccc1NC(=O)C1CC(=O)N(Cc2ccccn2)C1)C1CCCCC1. The fourth-order valence-electron chi connectivity index (χ4n) is 4.72. The van der Waals surface area contributed by atoms with Crippen molar-refractivity contribution in [2.75, 3.05) is 18.9 Å². The molecule has 1 aromatic heterocycles. The van der Waals surface area contributed by atoms with E-state index in [1.54, 1.807) is 11.1 Å². The molecule has 2 aliphatic rings. The van der Waals surface area contributed by atoms with Crippen LogP contribution in [0.25, 0.3) is 0 Å². The van der Waals surface area contributed by atoms with Crippen molar-refractivity contribution in [1.82, 2.24) is 14.8 Å². The van der Waals surface area contributed by atoms with E-state index in [4.69, 9.17) is 0 Å². The Labute approximate surface area is 184 Å². The molecule has 31 heavy (non-hydrogen) atoms. The van der Waals surface area contributed by atoms with Gasteiger partial charge in [-0.2, -0.15) is 0 Å². The molecule has 1 aliphatic carbocycles. The molecule has 1 unspecified atom stereocenters. The van der Waals surface area contributed by atoms with Crippen LogP contribution in [0.1, 0.15) is 49.8 Å². The van der Waals surface area contributed by atoms with Crippen molar-refractivity contribution in [1.29, 1.82) is 0 Å². The van der Waals surface area contributed by atoms with E-state index < -0.39 is 0 Å². The zero-order valence-electron chi connectivity index (χ0n) is 18.3. The normalized spacial score (nSPS) is 19.7. The third-order valence-corrected chi connectivity index (χ3v) is 6.56. The first-order valence-corrected chi connectivity index (χ1v) is 11.4. The monoisotopic (exact) mass is 420 g/mol. The molecule has 0 radical (unpaired) electrons. The van der Waals surface area contributed by atoms with Crippen molar-refractivity contribution in [3.05, 3.63) is 59.9 Å². The second-order valence-corrected chi connectivity index (χ2v) is 8.85. The second-order valence-electron chi connectivity index (χ2n) is 8.85. The molecule has 1 aromatic carbocycles. The predicted octanol–water partition coefficient (Wildman–Crippen LogP) is 3.83. The fourth-order valence-corrected chi connectivity index (χ4v) is 4.72. The lowest BCUT2D eigenvalue weighted by Gasteiger charge is -2.31. The zero-order chi connectivity index (χ0) is 21.6. The predicted molar refractivity (Wildman–Crippen MR) is 121 cm³/mol. The summed E-state index contributed by atoms with van der Waals surface area (Å²) in [6.07, 6.45) is 8.43. The van der Waals surface area contributed by atoms with Gasteiger partial charge in [-0.25, -0.2) is 0 Å². The summed E-state index contributed by atoms with van der Waals surface area (Å²) in [5, 5.41) is 3.11. The Morgan fingerprint density at radius 2 is 1.90 bits per heavy atom. The Morgan fingerprint density at radius 1 is 1.13 bits per heavy atom. The number of rotatable bonds is 7. The van der Waals surface area contributed by atoms with Crippen LogP contribution in [0, 0.1) is 5.92 Å². The van der Waals surface area contributed by atoms with E-state index in [0.717, 1.165) is 23.5 Å². The second kappa shape index (κ2) is 10.1. The average Bonchev–Trinajstić information content (AvgIpc) is 3.16. The molecule has 2 amide bonds. The third-order valence-electron chi connectivity index (χ3n) is 6.56. The highest BCUT2D eigenvalue weighted by Crippen LogP contribution is 2.26. The molecule has 1 N–H and O–H groups in total. The van der Waals surface area contributed by atoms with Gasteiger partial charge in [0.05, 0.1) is 18.2 Å². The van der Waals surface area contributed by atoms with Gasteiger partial charge in [-0.05, 0) is 43.7 Å². The number of carbonyl (C=O) groups excluding carboxylic acids is 2. The number of pyridine rings is 1. The Morgan fingerprint density at radius 3 is 2.68 bits per heavy atom. The van der Waals surface area contributed by atoms with Crippen LogP contribution in [0.4, 0.5) is 5.69 Å². The summed E-state index contributed by atoms with van der Waals surface area (Å²) in [6, 6.07) is 14.3. The lowest BCUT2D eigenvalue weighted by Crippen LogP contribution is -2.33. The molecule has 0 bridgehead atoms. The number of amides is 2. The van der Waals surface area contributed by atoms with E-state index >= 15 is 0 Å². The number of nitrogens with one attached hydrogen (secondary N) is 1. The van der Waals surface area contributed by atoms with Gasteiger partial charge in [0.15, 0.2) is 0 Å². The van der Waals surface area contributed by atoms with Gasteiger partial charge in [0, 0.05) is 37.4 Å². The molecule has 1 saturated carbocycles. The minimum Gasteiger partial charge on any atom is -0.336 e. The summed E-state index contributed by atoms with van der Waals surface area (Å²) < 4.78 is 0. The number of likely N-dealkylation sites (tertiary alicyclic amines) is 1. The van der Waals surface area contributed by atoms with Crippen LogP contribution in [-0.2, 0) is 22.7 Å². The fraction of sp³-hybridized carbons (Fsp3) is 0.480. The molecular formula is C25H32N4O2. The van der Waals surface area contributed by atoms with Gasteiger partial charge < -0.3 is 10.2 Å². The molecular weight excluding hydrogens is 388 g/mol. The van der Waals surface area contributed by atoms with Crippen LogP contribution in [0.2, 0.25) is 0 Å². The van der Waals surface area contributed by atoms with Gasteiger partial charge in [0.1, 0.15) is 0 Å². The smallest absolute Gasteiger partial charge is 0.229 e. The van der Waals surface area contributed by atoms with Crippen LogP contribution in [0.3, 0.4) is 0 Å². The number of carbonyl (C=O) groups is 2. The number of para-hydroxylation sites is 1. The van der Waals surface area contributed by atoms with Crippen molar-refractivity contribution >= 4 is 17.5 Å². The molecule has 0 spiro atoms. The number of anilines is 1. The highest BCUT2D eigenvalue weighted by molar-refractivity contribution is 5.97. The topological polar surface area (TPSA) is 65.5 Å². The van der Waals surface area contributed by atoms with Gasteiger partial charge in [-0.3, -0.25) is 19.5 Å². The van der Waals surface area contributed by atoms with E-state index in [1.807, 2.05) is 36.4 Å². The molecule has 4 rings (SSSR count). The number of hydrogen-bond acceptors (Lipinski definition) is 4. The van der Waals surface area contributed by atoms with Crippen LogP contribution in [-0.4, -0.2) is 46.2 Å². The summed E-state index contributed by atoms with van der Waals surface area (Å²) in [5.41, 5.74) is 2.82. The minimum atomic E-state index is -0.333.